The number of nitrogens with one attached hydrogen (secondary N) is 3. The minimum atomic E-state index is -0.0774. The molecule has 0 bridgehead atoms. The molecule has 1 fully saturated rings. The van der Waals surface area contributed by atoms with Crippen molar-refractivity contribution in [3.05, 3.63) is 192 Å². The molecule has 0 radical (unpaired) electrons. The van der Waals surface area contributed by atoms with Crippen molar-refractivity contribution in [1.29, 1.82) is 0 Å². The maximum Gasteiger partial charge on any atom is 0.128 e. The fourth-order valence-electron chi connectivity index (χ4n) is 8.03. The van der Waals surface area contributed by atoms with E-state index in [4.69, 9.17) is 4.74 Å². The van der Waals surface area contributed by atoms with Gasteiger partial charge in [-0.2, -0.15) is 0 Å². The number of benzene rings is 6. The minimum absolute atomic E-state index is 0.0215. The third-order valence-electron chi connectivity index (χ3n) is 10.5. The van der Waals surface area contributed by atoms with Crippen LogP contribution in [0.5, 0.6) is 5.75 Å². The van der Waals surface area contributed by atoms with E-state index in [1.807, 2.05) is 6.07 Å². The maximum absolute atomic E-state index is 6.38. The molecule has 7 aromatic rings. The molecule has 5 nitrogen and oxygen atoms in total. The fraction of sp³-hybridized carbons (Fsp3) is 0.111. The van der Waals surface area contributed by atoms with Crippen LogP contribution in [-0.2, 0) is 0 Å². The Morgan fingerprint density at radius 2 is 1.16 bits per heavy atom. The van der Waals surface area contributed by atoms with Gasteiger partial charge >= 0.3 is 0 Å². The zero-order valence-corrected chi connectivity index (χ0v) is 27.5. The molecule has 3 N–H and O–H groups in total. The lowest BCUT2D eigenvalue weighted by Gasteiger charge is -2.39. The van der Waals surface area contributed by atoms with Crippen molar-refractivity contribution in [2.45, 2.75) is 31.0 Å². The number of ether oxygens (including phenoxy) is 1. The molecule has 10 rings (SSSR count). The predicted octanol–water partition coefficient (Wildman–Crippen LogP) is 9.59. The molecule has 3 atom stereocenters. The van der Waals surface area contributed by atoms with Crippen molar-refractivity contribution < 1.29 is 4.74 Å². The Bertz CT molecular complexity index is 2400. The molecule has 50 heavy (non-hydrogen) atoms. The number of aromatic nitrogens is 1. The second-order valence-corrected chi connectivity index (χ2v) is 13.4. The van der Waals surface area contributed by atoms with Crippen LogP contribution in [-0.4, -0.2) is 10.7 Å². The van der Waals surface area contributed by atoms with E-state index >= 15 is 0 Å². The van der Waals surface area contributed by atoms with Gasteiger partial charge in [-0.25, -0.2) is 0 Å². The van der Waals surface area contributed by atoms with Gasteiger partial charge in [0.25, 0.3) is 0 Å². The number of hydrogen-bond donors (Lipinski definition) is 3. The van der Waals surface area contributed by atoms with Gasteiger partial charge in [-0.15, -0.1) is 0 Å². The zero-order chi connectivity index (χ0) is 33.0. The summed E-state index contributed by atoms with van der Waals surface area (Å²) in [6.45, 7) is 0. The lowest BCUT2D eigenvalue weighted by molar-refractivity contribution is 0.203. The van der Waals surface area contributed by atoms with Gasteiger partial charge in [0.2, 0.25) is 0 Å². The normalized spacial score (nSPS) is 21.3. The fourth-order valence-corrected chi connectivity index (χ4v) is 8.03. The van der Waals surface area contributed by atoms with Crippen LogP contribution in [0.4, 0.5) is 0 Å². The minimum Gasteiger partial charge on any atom is -0.485 e. The average molecular weight is 649 g/mol. The molecule has 3 heterocycles. The molecule has 6 aromatic carbocycles. The highest BCUT2D eigenvalue weighted by molar-refractivity contribution is 6.10. The summed E-state index contributed by atoms with van der Waals surface area (Å²) in [4.78, 5) is 0. The standard InChI is InChI=1S/C45H36N4O/c1-3-12-29(13-4-1)43-46-44(30-14-5-2-6-15-30)48-45(47-43)33-16-11-17-34(26-33)49-39-20-9-7-18-35(39)38-27-31(23-25-40(38)49)32-22-24-37-36-19-8-10-21-41(36)50-42(37)28-32/h1-27,42-48H,28H2. The van der Waals surface area contributed by atoms with Crippen LogP contribution >= 0.6 is 0 Å². The topological polar surface area (TPSA) is 50.2 Å². The van der Waals surface area contributed by atoms with Crippen molar-refractivity contribution >= 4 is 33.0 Å². The van der Waals surface area contributed by atoms with Crippen molar-refractivity contribution in [2.75, 3.05) is 0 Å². The molecule has 3 unspecified atom stereocenters. The van der Waals surface area contributed by atoms with E-state index in [-0.39, 0.29) is 24.6 Å². The number of allylic oxidation sites excluding steroid dienone is 2. The van der Waals surface area contributed by atoms with Crippen molar-refractivity contribution in [2.24, 2.45) is 0 Å². The summed E-state index contributed by atoms with van der Waals surface area (Å²) in [7, 11) is 0. The summed E-state index contributed by atoms with van der Waals surface area (Å²) in [5.74, 6) is 0.986. The van der Waals surface area contributed by atoms with E-state index < -0.39 is 0 Å². The Labute approximate surface area is 291 Å². The van der Waals surface area contributed by atoms with Gasteiger partial charge in [0, 0.05) is 34.0 Å². The van der Waals surface area contributed by atoms with Gasteiger partial charge in [-0.3, -0.25) is 16.0 Å². The van der Waals surface area contributed by atoms with Gasteiger partial charge in [0.15, 0.2) is 0 Å². The number of hydrogen-bond acceptors (Lipinski definition) is 4. The van der Waals surface area contributed by atoms with Crippen LogP contribution in [0.2, 0.25) is 0 Å². The summed E-state index contributed by atoms with van der Waals surface area (Å²) >= 11 is 0. The largest absolute Gasteiger partial charge is 0.485 e. The SMILES string of the molecule is C1=C(c2ccc3c(c2)c2ccccc2n3-c2cccc(C3NC(c4ccccc4)NC(c4ccccc4)N3)c2)CC2Oc3ccccc3C2=C1. The molecule has 2 aliphatic heterocycles. The second kappa shape index (κ2) is 12.0. The Morgan fingerprint density at radius 3 is 1.94 bits per heavy atom. The van der Waals surface area contributed by atoms with Crippen molar-refractivity contribution in [3.63, 3.8) is 0 Å². The van der Waals surface area contributed by atoms with Gasteiger partial charge in [0.1, 0.15) is 11.9 Å². The highest BCUT2D eigenvalue weighted by Crippen LogP contribution is 2.44. The van der Waals surface area contributed by atoms with Crippen molar-refractivity contribution in [1.82, 2.24) is 20.5 Å². The van der Waals surface area contributed by atoms with Crippen molar-refractivity contribution in [3.8, 4) is 11.4 Å². The average Bonchev–Trinajstić information content (AvgIpc) is 3.73. The first-order valence-corrected chi connectivity index (χ1v) is 17.5. The quantitative estimate of drug-likeness (QED) is 0.174. The number of fused-ring (bicyclic) bond motifs is 6. The first-order valence-electron chi connectivity index (χ1n) is 17.5. The van der Waals surface area contributed by atoms with Crippen LogP contribution in [0.1, 0.15) is 52.7 Å². The van der Waals surface area contributed by atoms with E-state index in [2.05, 4.69) is 178 Å². The predicted molar refractivity (Wildman–Crippen MR) is 203 cm³/mol. The number of nitrogens with zero attached hydrogens (tertiary/aromatic N) is 1. The summed E-state index contributed by atoms with van der Waals surface area (Å²) < 4.78 is 8.79. The van der Waals surface area contributed by atoms with E-state index in [0.29, 0.717) is 0 Å². The summed E-state index contributed by atoms with van der Waals surface area (Å²) in [5.41, 5.74) is 12.2. The van der Waals surface area contributed by atoms with Crippen LogP contribution in [0, 0.1) is 0 Å². The summed E-state index contributed by atoms with van der Waals surface area (Å²) in [6.07, 6.45) is 5.34. The second-order valence-electron chi connectivity index (χ2n) is 13.4. The van der Waals surface area contributed by atoms with Gasteiger partial charge in [-0.1, -0.05) is 127 Å². The highest BCUT2D eigenvalue weighted by Gasteiger charge is 2.32. The molecule has 1 aromatic heterocycles. The lowest BCUT2D eigenvalue weighted by atomic mass is 9.89. The molecule has 0 amide bonds. The Hall–Kier alpha value is -5.72. The van der Waals surface area contributed by atoms with Gasteiger partial charge in [0.05, 0.1) is 29.5 Å². The monoisotopic (exact) mass is 648 g/mol. The molecule has 242 valence electrons. The van der Waals surface area contributed by atoms with E-state index in [1.165, 1.54) is 60.8 Å². The van der Waals surface area contributed by atoms with Gasteiger partial charge in [-0.05, 0) is 64.2 Å². The first kappa shape index (κ1) is 29.2. The third-order valence-corrected chi connectivity index (χ3v) is 10.5. The molecular formula is C45H36N4O. The molecule has 1 saturated heterocycles. The number of rotatable bonds is 5. The molecule has 3 aliphatic rings. The Kier molecular flexibility index (Phi) is 7.01. The molecule has 1 aliphatic carbocycles. The molecule has 5 heteroatoms. The molecular weight excluding hydrogens is 613 g/mol. The lowest BCUT2D eigenvalue weighted by Crippen LogP contribution is -2.54. The first-order chi connectivity index (χ1) is 24.8. The van der Waals surface area contributed by atoms with Gasteiger partial charge < -0.3 is 9.30 Å². The Morgan fingerprint density at radius 1 is 0.520 bits per heavy atom. The smallest absolute Gasteiger partial charge is 0.128 e. The third kappa shape index (κ3) is 4.98. The van der Waals surface area contributed by atoms with E-state index in [9.17, 15) is 0 Å². The zero-order valence-electron chi connectivity index (χ0n) is 27.5. The molecule has 0 spiro atoms. The highest BCUT2D eigenvalue weighted by atomic mass is 16.5. The number of para-hydroxylation sites is 2. The molecule has 0 saturated carbocycles. The summed E-state index contributed by atoms with van der Waals surface area (Å²) in [5, 5.41) is 14.0. The summed E-state index contributed by atoms with van der Waals surface area (Å²) in [6, 6.07) is 54.3. The van der Waals surface area contributed by atoms with E-state index in [0.717, 1.165) is 17.9 Å². The van der Waals surface area contributed by atoms with Crippen LogP contribution in [0.25, 0.3) is 38.6 Å². The van der Waals surface area contributed by atoms with Crippen LogP contribution in [0.15, 0.2) is 164 Å². The van der Waals surface area contributed by atoms with E-state index in [1.54, 1.807) is 0 Å². The Balaban J connectivity index is 1.03. The maximum atomic E-state index is 6.38. The van der Waals surface area contributed by atoms with Crippen LogP contribution in [0.3, 0.4) is 0 Å². The van der Waals surface area contributed by atoms with Crippen LogP contribution < -0.4 is 20.7 Å².